The average Bonchev–Trinajstić information content (AvgIpc) is 2.56. The summed E-state index contributed by atoms with van der Waals surface area (Å²) in [6.45, 7) is 5.71. The lowest BCUT2D eigenvalue weighted by atomic mass is 10.1. The number of rotatable bonds is 7. The molecule has 1 aliphatic heterocycles. The molecular formula is C17H26N2O3. The van der Waals surface area contributed by atoms with E-state index in [-0.39, 0.29) is 12.0 Å². The first kappa shape index (κ1) is 16.8. The molecule has 1 aromatic carbocycles. The number of nitrogens with zero attached hydrogens (tertiary/aromatic N) is 1. The van der Waals surface area contributed by atoms with E-state index in [1.165, 1.54) is 0 Å². The fourth-order valence-electron chi connectivity index (χ4n) is 2.68. The van der Waals surface area contributed by atoms with E-state index in [0.29, 0.717) is 19.6 Å². The van der Waals surface area contributed by atoms with Crippen LogP contribution in [0.5, 0.6) is 5.75 Å². The minimum absolute atomic E-state index is 0.0155. The van der Waals surface area contributed by atoms with Crippen molar-refractivity contribution in [2.24, 2.45) is 0 Å². The number of hydrogen-bond acceptors (Lipinski definition) is 4. The second kappa shape index (κ2) is 8.76. The van der Waals surface area contributed by atoms with E-state index in [2.05, 4.69) is 12.2 Å². The summed E-state index contributed by atoms with van der Waals surface area (Å²) in [5, 5.41) is 3.26. The van der Waals surface area contributed by atoms with Gasteiger partial charge in [-0.25, -0.2) is 0 Å². The standard InChI is InChI=1S/C17H26N2O3/c1-3-9-19(13-14-6-4-5-7-16(14)21-2)17(20)11-15-12-18-8-10-22-15/h4-7,15,18H,3,8-13H2,1-2H3/t15-/m1/s1. The van der Waals surface area contributed by atoms with Gasteiger partial charge in [0.2, 0.25) is 5.91 Å². The number of amides is 1. The van der Waals surface area contributed by atoms with E-state index in [9.17, 15) is 4.79 Å². The predicted octanol–water partition coefficient (Wildman–Crippen LogP) is 1.81. The molecule has 0 bridgehead atoms. The smallest absolute Gasteiger partial charge is 0.225 e. The van der Waals surface area contributed by atoms with Gasteiger partial charge in [0.05, 0.1) is 26.2 Å². The number of nitrogens with one attached hydrogen (secondary N) is 1. The van der Waals surface area contributed by atoms with Crippen molar-refractivity contribution in [2.75, 3.05) is 33.4 Å². The Hall–Kier alpha value is -1.59. The lowest BCUT2D eigenvalue weighted by Crippen LogP contribution is -2.42. The average molecular weight is 306 g/mol. The zero-order valence-electron chi connectivity index (χ0n) is 13.5. The Bertz CT molecular complexity index is 473. The fraction of sp³-hybridized carbons (Fsp3) is 0.588. The Morgan fingerprint density at radius 1 is 1.45 bits per heavy atom. The number of ether oxygens (including phenoxy) is 2. The molecule has 0 saturated carbocycles. The SMILES string of the molecule is CCCN(Cc1ccccc1OC)C(=O)C[C@@H]1CNCCO1. The maximum atomic E-state index is 12.6. The summed E-state index contributed by atoms with van der Waals surface area (Å²) in [5.74, 6) is 0.966. The molecule has 1 N–H and O–H groups in total. The highest BCUT2D eigenvalue weighted by Crippen LogP contribution is 2.20. The number of morpholine rings is 1. The molecule has 0 aliphatic carbocycles. The predicted molar refractivity (Wildman–Crippen MR) is 85.9 cm³/mol. The van der Waals surface area contributed by atoms with Crippen LogP contribution in [-0.4, -0.2) is 50.3 Å². The Morgan fingerprint density at radius 3 is 2.95 bits per heavy atom. The first-order chi connectivity index (χ1) is 10.7. The topological polar surface area (TPSA) is 50.8 Å². The second-order valence-corrected chi connectivity index (χ2v) is 5.53. The maximum absolute atomic E-state index is 12.6. The van der Waals surface area contributed by atoms with Crippen molar-refractivity contribution < 1.29 is 14.3 Å². The largest absolute Gasteiger partial charge is 0.496 e. The fourth-order valence-corrected chi connectivity index (χ4v) is 2.68. The summed E-state index contributed by atoms with van der Waals surface area (Å²) >= 11 is 0. The van der Waals surface area contributed by atoms with Crippen LogP contribution in [0, 0.1) is 0 Å². The van der Waals surface area contributed by atoms with E-state index >= 15 is 0 Å². The number of para-hydroxylation sites is 1. The summed E-state index contributed by atoms with van der Waals surface area (Å²) in [5.41, 5.74) is 1.04. The van der Waals surface area contributed by atoms with Gasteiger partial charge >= 0.3 is 0 Å². The molecule has 22 heavy (non-hydrogen) atoms. The molecule has 1 heterocycles. The van der Waals surface area contributed by atoms with Crippen LogP contribution in [0.1, 0.15) is 25.3 Å². The molecule has 0 radical (unpaired) electrons. The minimum Gasteiger partial charge on any atom is -0.496 e. The van der Waals surface area contributed by atoms with Crippen molar-refractivity contribution in [3.05, 3.63) is 29.8 Å². The van der Waals surface area contributed by atoms with E-state index in [1.807, 2.05) is 29.2 Å². The first-order valence-corrected chi connectivity index (χ1v) is 7.96. The Kier molecular flexibility index (Phi) is 6.68. The van der Waals surface area contributed by atoms with Crippen molar-refractivity contribution in [1.82, 2.24) is 10.2 Å². The summed E-state index contributed by atoms with van der Waals surface area (Å²) in [6, 6.07) is 7.85. The van der Waals surface area contributed by atoms with Crippen molar-refractivity contribution >= 4 is 5.91 Å². The summed E-state index contributed by atoms with van der Waals surface area (Å²) < 4.78 is 11.0. The molecule has 5 nitrogen and oxygen atoms in total. The second-order valence-electron chi connectivity index (χ2n) is 5.53. The maximum Gasteiger partial charge on any atom is 0.225 e. The lowest BCUT2D eigenvalue weighted by molar-refractivity contribution is -0.135. The van der Waals surface area contributed by atoms with Crippen LogP contribution in [0.25, 0.3) is 0 Å². The van der Waals surface area contributed by atoms with Crippen molar-refractivity contribution in [1.29, 1.82) is 0 Å². The van der Waals surface area contributed by atoms with Crippen molar-refractivity contribution in [2.45, 2.75) is 32.4 Å². The molecule has 1 aromatic rings. The van der Waals surface area contributed by atoms with Gasteiger partial charge in [-0.1, -0.05) is 25.1 Å². The van der Waals surface area contributed by atoms with Crippen LogP contribution in [0.4, 0.5) is 0 Å². The molecule has 2 rings (SSSR count). The summed E-state index contributed by atoms with van der Waals surface area (Å²) in [4.78, 5) is 14.5. The molecule has 0 unspecified atom stereocenters. The molecule has 1 fully saturated rings. The van der Waals surface area contributed by atoms with Crippen LogP contribution in [0.3, 0.4) is 0 Å². The van der Waals surface area contributed by atoms with Gasteiger partial charge in [-0.15, -0.1) is 0 Å². The molecule has 1 saturated heterocycles. The molecule has 1 aliphatic rings. The van der Waals surface area contributed by atoms with Gasteiger partial charge in [-0.05, 0) is 12.5 Å². The van der Waals surface area contributed by atoms with Crippen molar-refractivity contribution in [3.8, 4) is 5.75 Å². The van der Waals surface area contributed by atoms with Crippen LogP contribution < -0.4 is 10.1 Å². The molecule has 0 aromatic heterocycles. The van der Waals surface area contributed by atoms with Gasteiger partial charge in [-0.3, -0.25) is 4.79 Å². The third-order valence-corrected chi connectivity index (χ3v) is 3.81. The highest BCUT2D eigenvalue weighted by molar-refractivity contribution is 5.76. The number of carbonyl (C=O) groups excluding carboxylic acids is 1. The third-order valence-electron chi connectivity index (χ3n) is 3.81. The van der Waals surface area contributed by atoms with Gasteiger partial charge in [0.15, 0.2) is 0 Å². The molecule has 122 valence electrons. The highest BCUT2D eigenvalue weighted by Gasteiger charge is 2.22. The Balaban J connectivity index is 2.00. The third kappa shape index (κ3) is 4.71. The Morgan fingerprint density at radius 2 is 2.27 bits per heavy atom. The minimum atomic E-state index is -0.0155. The van der Waals surface area contributed by atoms with Gasteiger partial charge in [-0.2, -0.15) is 0 Å². The molecular weight excluding hydrogens is 280 g/mol. The Labute approximate surface area is 132 Å². The number of carbonyl (C=O) groups is 1. The summed E-state index contributed by atoms with van der Waals surface area (Å²) in [7, 11) is 1.66. The van der Waals surface area contributed by atoms with Crippen LogP contribution >= 0.6 is 0 Å². The zero-order chi connectivity index (χ0) is 15.8. The first-order valence-electron chi connectivity index (χ1n) is 7.96. The van der Waals surface area contributed by atoms with Gasteiger partial charge in [0.1, 0.15) is 5.75 Å². The van der Waals surface area contributed by atoms with Crippen LogP contribution in [-0.2, 0) is 16.1 Å². The van der Waals surface area contributed by atoms with E-state index in [4.69, 9.17) is 9.47 Å². The zero-order valence-corrected chi connectivity index (χ0v) is 13.5. The number of benzene rings is 1. The monoisotopic (exact) mass is 306 g/mol. The van der Waals surface area contributed by atoms with Crippen LogP contribution in [0.2, 0.25) is 0 Å². The van der Waals surface area contributed by atoms with E-state index in [0.717, 1.165) is 37.4 Å². The van der Waals surface area contributed by atoms with E-state index in [1.54, 1.807) is 7.11 Å². The number of methoxy groups -OCH3 is 1. The quantitative estimate of drug-likeness (QED) is 0.835. The molecule has 5 heteroatoms. The van der Waals surface area contributed by atoms with Crippen LogP contribution in [0.15, 0.2) is 24.3 Å². The lowest BCUT2D eigenvalue weighted by Gasteiger charge is -2.28. The molecule has 1 amide bonds. The van der Waals surface area contributed by atoms with E-state index < -0.39 is 0 Å². The van der Waals surface area contributed by atoms with Gasteiger partial charge in [0.25, 0.3) is 0 Å². The molecule has 0 spiro atoms. The van der Waals surface area contributed by atoms with Gasteiger partial charge < -0.3 is 19.7 Å². The van der Waals surface area contributed by atoms with Gasteiger partial charge in [0, 0.05) is 31.7 Å². The normalized spacial score (nSPS) is 18.0. The number of hydrogen-bond donors (Lipinski definition) is 1. The van der Waals surface area contributed by atoms with Crippen molar-refractivity contribution in [3.63, 3.8) is 0 Å². The highest BCUT2D eigenvalue weighted by atomic mass is 16.5. The summed E-state index contributed by atoms with van der Waals surface area (Å²) in [6.07, 6.45) is 1.35. The molecule has 1 atom stereocenters.